The summed E-state index contributed by atoms with van der Waals surface area (Å²) >= 11 is 5.88. The molecular formula is C12H9ClN4O2S. The smallest absolute Gasteiger partial charge is 0.207 e. The SMILES string of the molecule is N#Cc1ccc(S(=O)(=O)NCc2cccnn2)c(Cl)c1. The minimum Gasteiger partial charge on any atom is -0.207 e. The largest absolute Gasteiger partial charge is 0.242 e. The van der Waals surface area contributed by atoms with Gasteiger partial charge in [0.25, 0.3) is 0 Å². The summed E-state index contributed by atoms with van der Waals surface area (Å²) in [6, 6.07) is 9.18. The lowest BCUT2D eigenvalue weighted by Gasteiger charge is -2.07. The van der Waals surface area contributed by atoms with Crippen molar-refractivity contribution in [3.8, 4) is 6.07 Å². The van der Waals surface area contributed by atoms with Crippen LogP contribution in [0.5, 0.6) is 0 Å². The minimum atomic E-state index is -3.77. The van der Waals surface area contributed by atoms with E-state index in [2.05, 4.69) is 14.9 Å². The van der Waals surface area contributed by atoms with Gasteiger partial charge >= 0.3 is 0 Å². The van der Waals surface area contributed by atoms with Gasteiger partial charge in [0, 0.05) is 6.20 Å². The third-order valence-electron chi connectivity index (χ3n) is 2.42. The Kier molecular flexibility index (Phi) is 4.29. The van der Waals surface area contributed by atoms with E-state index in [0.29, 0.717) is 11.3 Å². The average Bonchev–Trinajstić information content (AvgIpc) is 2.46. The lowest BCUT2D eigenvalue weighted by molar-refractivity contribution is 0.580. The first-order chi connectivity index (χ1) is 9.53. The highest BCUT2D eigenvalue weighted by Gasteiger charge is 2.18. The summed E-state index contributed by atoms with van der Waals surface area (Å²) in [5.41, 5.74) is 0.781. The molecule has 0 radical (unpaired) electrons. The van der Waals surface area contributed by atoms with Crippen molar-refractivity contribution in [2.45, 2.75) is 11.4 Å². The molecule has 1 heterocycles. The molecule has 6 nitrogen and oxygen atoms in total. The van der Waals surface area contributed by atoms with Crippen molar-refractivity contribution < 1.29 is 8.42 Å². The molecule has 0 spiro atoms. The lowest BCUT2D eigenvalue weighted by atomic mass is 10.2. The van der Waals surface area contributed by atoms with Crippen LogP contribution in [0, 0.1) is 11.3 Å². The maximum absolute atomic E-state index is 12.1. The van der Waals surface area contributed by atoms with Crippen LogP contribution in [0.3, 0.4) is 0 Å². The normalized spacial score (nSPS) is 11.0. The number of hydrogen-bond acceptors (Lipinski definition) is 5. The molecule has 102 valence electrons. The van der Waals surface area contributed by atoms with Gasteiger partial charge in [-0.2, -0.15) is 15.5 Å². The van der Waals surface area contributed by atoms with E-state index in [1.165, 1.54) is 24.4 Å². The van der Waals surface area contributed by atoms with Gasteiger partial charge in [-0.1, -0.05) is 11.6 Å². The Morgan fingerprint density at radius 3 is 2.75 bits per heavy atom. The van der Waals surface area contributed by atoms with Crippen molar-refractivity contribution >= 4 is 21.6 Å². The number of nitrogens with one attached hydrogen (secondary N) is 1. The molecule has 20 heavy (non-hydrogen) atoms. The van der Waals surface area contributed by atoms with E-state index >= 15 is 0 Å². The third-order valence-corrected chi connectivity index (χ3v) is 4.31. The van der Waals surface area contributed by atoms with Crippen LogP contribution in [0.2, 0.25) is 5.02 Å². The van der Waals surface area contributed by atoms with Gasteiger partial charge in [0.15, 0.2) is 0 Å². The van der Waals surface area contributed by atoms with Crippen LogP contribution in [0.15, 0.2) is 41.4 Å². The van der Waals surface area contributed by atoms with Gasteiger partial charge in [0.05, 0.1) is 28.9 Å². The predicted octanol–water partition coefficient (Wildman–Crippen LogP) is 1.48. The number of nitrogens with zero attached hydrogens (tertiary/aromatic N) is 3. The zero-order valence-corrected chi connectivity index (χ0v) is 11.7. The highest BCUT2D eigenvalue weighted by Crippen LogP contribution is 2.22. The number of halogens is 1. The van der Waals surface area contributed by atoms with Crippen molar-refractivity contribution in [3.63, 3.8) is 0 Å². The summed E-state index contributed by atoms with van der Waals surface area (Å²) in [5.74, 6) is 0. The molecule has 1 aromatic heterocycles. The Hall–Kier alpha value is -2.01. The molecule has 1 N–H and O–H groups in total. The Morgan fingerprint density at radius 2 is 2.15 bits per heavy atom. The summed E-state index contributed by atoms with van der Waals surface area (Å²) in [7, 11) is -3.77. The maximum Gasteiger partial charge on any atom is 0.242 e. The van der Waals surface area contributed by atoms with Crippen LogP contribution >= 0.6 is 11.6 Å². The summed E-state index contributed by atoms with van der Waals surface area (Å²) in [4.78, 5) is -0.0814. The van der Waals surface area contributed by atoms with Gasteiger partial charge in [0.2, 0.25) is 10.0 Å². The summed E-state index contributed by atoms with van der Waals surface area (Å²) in [6.07, 6.45) is 1.50. The molecule has 0 atom stereocenters. The standard InChI is InChI=1S/C12H9ClN4O2S/c13-11-6-9(7-14)3-4-12(11)20(18,19)16-8-10-2-1-5-15-17-10/h1-6,16H,8H2. The Morgan fingerprint density at radius 1 is 1.35 bits per heavy atom. The molecule has 0 aliphatic heterocycles. The number of benzene rings is 1. The van der Waals surface area contributed by atoms with E-state index in [9.17, 15) is 8.42 Å². The number of rotatable bonds is 4. The molecule has 8 heteroatoms. The van der Waals surface area contributed by atoms with Gasteiger partial charge in [-0.15, -0.1) is 0 Å². The van der Waals surface area contributed by atoms with Gasteiger partial charge in [0.1, 0.15) is 4.90 Å². The summed E-state index contributed by atoms with van der Waals surface area (Å²) < 4.78 is 26.6. The maximum atomic E-state index is 12.1. The average molecular weight is 309 g/mol. The molecule has 0 aliphatic rings. The Bertz CT molecular complexity index is 757. The van der Waals surface area contributed by atoms with Crippen molar-refractivity contribution in [3.05, 3.63) is 52.8 Å². The zero-order valence-electron chi connectivity index (χ0n) is 10.1. The number of aromatic nitrogens is 2. The van der Waals surface area contributed by atoms with E-state index in [-0.39, 0.29) is 16.5 Å². The molecular weight excluding hydrogens is 300 g/mol. The van der Waals surface area contributed by atoms with Gasteiger partial charge in [-0.25, -0.2) is 13.1 Å². The molecule has 2 aromatic rings. The highest BCUT2D eigenvalue weighted by molar-refractivity contribution is 7.89. The zero-order chi connectivity index (χ0) is 14.6. The fraction of sp³-hybridized carbons (Fsp3) is 0.0833. The predicted molar refractivity (Wildman–Crippen MR) is 72.2 cm³/mol. The van der Waals surface area contributed by atoms with Gasteiger partial charge in [-0.05, 0) is 30.3 Å². The number of hydrogen-bond donors (Lipinski definition) is 1. The van der Waals surface area contributed by atoms with Crippen LogP contribution in [-0.2, 0) is 16.6 Å². The molecule has 0 amide bonds. The van der Waals surface area contributed by atoms with E-state index in [1.54, 1.807) is 12.1 Å². The lowest BCUT2D eigenvalue weighted by Crippen LogP contribution is -2.24. The third kappa shape index (κ3) is 3.30. The molecule has 0 aliphatic carbocycles. The molecule has 0 unspecified atom stereocenters. The second-order valence-corrected chi connectivity index (χ2v) is 5.94. The van der Waals surface area contributed by atoms with Crippen molar-refractivity contribution in [1.82, 2.24) is 14.9 Å². The first kappa shape index (κ1) is 14.4. The summed E-state index contributed by atoms with van der Waals surface area (Å²) in [6.45, 7) is 0.00645. The fourth-order valence-electron chi connectivity index (χ4n) is 1.46. The first-order valence-corrected chi connectivity index (χ1v) is 7.35. The van der Waals surface area contributed by atoms with Crippen LogP contribution in [0.4, 0.5) is 0 Å². The second-order valence-electron chi connectivity index (χ2n) is 3.80. The summed E-state index contributed by atoms with van der Waals surface area (Å²) in [5, 5.41) is 16.1. The second kappa shape index (κ2) is 5.96. The minimum absolute atomic E-state index is 0.00399. The Balaban J connectivity index is 2.21. The molecule has 0 fully saturated rings. The van der Waals surface area contributed by atoms with Crippen molar-refractivity contribution in [2.75, 3.05) is 0 Å². The fourth-order valence-corrected chi connectivity index (χ4v) is 3.00. The van der Waals surface area contributed by atoms with E-state index in [1.807, 2.05) is 6.07 Å². The van der Waals surface area contributed by atoms with E-state index in [0.717, 1.165) is 0 Å². The topological polar surface area (TPSA) is 95.7 Å². The quantitative estimate of drug-likeness (QED) is 0.923. The molecule has 2 rings (SSSR count). The van der Waals surface area contributed by atoms with E-state index in [4.69, 9.17) is 16.9 Å². The van der Waals surface area contributed by atoms with Crippen LogP contribution in [0.25, 0.3) is 0 Å². The first-order valence-electron chi connectivity index (χ1n) is 5.49. The van der Waals surface area contributed by atoms with E-state index < -0.39 is 10.0 Å². The molecule has 1 aromatic carbocycles. The van der Waals surface area contributed by atoms with Crippen LogP contribution in [0.1, 0.15) is 11.3 Å². The van der Waals surface area contributed by atoms with Crippen molar-refractivity contribution in [2.24, 2.45) is 0 Å². The van der Waals surface area contributed by atoms with Gasteiger partial charge in [-0.3, -0.25) is 0 Å². The molecule has 0 saturated carbocycles. The van der Waals surface area contributed by atoms with Crippen LogP contribution in [-0.4, -0.2) is 18.6 Å². The highest BCUT2D eigenvalue weighted by atomic mass is 35.5. The molecule has 0 saturated heterocycles. The van der Waals surface area contributed by atoms with Crippen molar-refractivity contribution in [1.29, 1.82) is 5.26 Å². The van der Waals surface area contributed by atoms with Crippen LogP contribution < -0.4 is 4.72 Å². The molecule has 0 bridgehead atoms. The monoisotopic (exact) mass is 308 g/mol. The Labute approximate surface area is 121 Å². The van der Waals surface area contributed by atoms with Gasteiger partial charge < -0.3 is 0 Å². The number of nitriles is 1. The number of sulfonamides is 1.